The molecule has 0 saturated carbocycles. The number of sulfonamides is 1. The molecule has 0 spiro atoms. The summed E-state index contributed by atoms with van der Waals surface area (Å²) >= 11 is 3.41. The van der Waals surface area contributed by atoms with Gasteiger partial charge in [-0.25, -0.2) is 12.7 Å². The summed E-state index contributed by atoms with van der Waals surface area (Å²) < 4.78 is 56.6. The van der Waals surface area contributed by atoms with Gasteiger partial charge >= 0.3 is 0 Å². The van der Waals surface area contributed by atoms with Crippen LogP contribution in [0.4, 0.5) is 5.69 Å². The van der Waals surface area contributed by atoms with Crippen LogP contribution < -0.4 is 23.8 Å². The standard InChI is InChI=1S/C30H51BrN2O8SSi2/c1-37-30-20-25(31)10-12-29(30)40-14-13-32-21-27(34)24-9-11-28(41-23-39-16-18-44(6,7)8)26(19-24)33(42(2,35)36)22-38-15-17-43(3,4)5/h9-12,19-20,27,32,34H,13-18,21-23H2,1-8H3/t27-/m0/s1. The second-order valence-corrected chi connectivity index (χ2v) is 27.1. The van der Waals surface area contributed by atoms with E-state index in [4.69, 9.17) is 23.7 Å². The second-order valence-electron chi connectivity index (χ2n) is 13.0. The van der Waals surface area contributed by atoms with Gasteiger partial charge in [-0.3, -0.25) is 0 Å². The van der Waals surface area contributed by atoms with E-state index in [0.29, 0.717) is 49.2 Å². The summed E-state index contributed by atoms with van der Waals surface area (Å²) in [4.78, 5) is 0. The molecule has 0 aromatic heterocycles. The van der Waals surface area contributed by atoms with Crippen molar-refractivity contribution in [1.29, 1.82) is 0 Å². The molecule has 2 aromatic rings. The molecule has 0 amide bonds. The molecular weight excluding hydrogens is 684 g/mol. The highest BCUT2D eigenvalue weighted by Gasteiger charge is 2.24. The van der Waals surface area contributed by atoms with Crippen LogP contribution in [-0.2, 0) is 19.5 Å². The predicted molar refractivity (Wildman–Crippen MR) is 186 cm³/mol. The van der Waals surface area contributed by atoms with Crippen LogP contribution >= 0.6 is 15.9 Å². The van der Waals surface area contributed by atoms with Crippen LogP contribution in [0.1, 0.15) is 11.7 Å². The molecule has 0 heterocycles. The zero-order valence-electron chi connectivity index (χ0n) is 27.4. The van der Waals surface area contributed by atoms with Gasteiger partial charge in [0.15, 0.2) is 18.3 Å². The molecule has 0 aliphatic heterocycles. The molecule has 0 unspecified atom stereocenters. The van der Waals surface area contributed by atoms with Gasteiger partial charge in [-0.2, -0.15) is 0 Å². The first kappa shape index (κ1) is 38.5. The normalized spacial score (nSPS) is 13.0. The second kappa shape index (κ2) is 17.9. The van der Waals surface area contributed by atoms with Crippen molar-refractivity contribution < 1.29 is 37.2 Å². The first-order chi connectivity index (χ1) is 20.5. The number of methoxy groups -OCH3 is 1. The molecule has 0 aliphatic rings. The minimum atomic E-state index is -3.74. The van der Waals surface area contributed by atoms with Crippen molar-refractivity contribution in [2.75, 3.05) is 64.1 Å². The first-order valence-corrected chi connectivity index (χ1v) is 24.8. The van der Waals surface area contributed by atoms with Gasteiger partial charge in [0.2, 0.25) is 10.0 Å². The Bertz CT molecular complexity index is 1270. The zero-order valence-corrected chi connectivity index (χ0v) is 31.8. The minimum absolute atomic E-state index is 0.0157. The van der Waals surface area contributed by atoms with Gasteiger partial charge in [0.25, 0.3) is 0 Å². The van der Waals surface area contributed by atoms with E-state index in [9.17, 15) is 13.5 Å². The molecule has 44 heavy (non-hydrogen) atoms. The number of nitrogens with zero attached hydrogens (tertiary/aromatic N) is 1. The van der Waals surface area contributed by atoms with E-state index in [0.717, 1.165) is 22.8 Å². The van der Waals surface area contributed by atoms with Gasteiger partial charge in [0.1, 0.15) is 19.1 Å². The highest BCUT2D eigenvalue weighted by atomic mass is 79.9. The number of anilines is 1. The molecule has 0 fully saturated rings. The Hall–Kier alpha value is -1.66. The van der Waals surface area contributed by atoms with Crippen molar-refractivity contribution in [1.82, 2.24) is 5.32 Å². The maximum atomic E-state index is 12.9. The number of rotatable bonds is 21. The molecule has 2 rings (SSSR count). The van der Waals surface area contributed by atoms with Crippen molar-refractivity contribution in [3.63, 3.8) is 0 Å². The summed E-state index contributed by atoms with van der Waals surface area (Å²) in [5.74, 6) is 1.57. The average molecular weight is 736 g/mol. The molecule has 10 nitrogen and oxygen atoms in total. The summed E-state index contributed by atoms with van der Waals surface area (Å²) in [6.07, 6.45) is 0.223. The fourth-order valence-corrected chi connectivity index (χ4v) is 6.44. The number of halogens is 1. The van der Waals surface area contributed by atoms with Crippen LogP contribution in [0.25, 0.3) is 0 Å². The van der Waals surface area contributed by atoms with Crippen LogP contribution in [0.2, 0.25) is 51.4 Å². The SMILES string of the molecule is COc1cc(Br)ccc1OCCNC[C@H](O)c1ccc(OCOCC[Si](C)(C)C)c(N(COCC[Si](C)(C)C)S(C)(=O)=O)c1. The van der Waals surface area contributed by atoms with Crippen LogP contribution in [0, 0.1) is 0 Å². The highest BCUT2D eigenvalue weighted by Crippen LogP contribution is 2.34. The Labute approximate surface area is 274 Å². The first-order valence-electron chi connectivity index (χ1n) is 14.8. The number of ether oxygens (including phenoxy) is 5. The van der Waals surface area contributed by atoms with E-state index in [-0.39, 0.29) is 25.8 Å². The predicted octanol–water partition coefficient (Wildman–Crippen LogP) is 5.93. The van der Waals surface area contributed by atoms with E-state index in [2.05, 4.69) is 60.5 Å². The van der Waals surface area contributed by atoms with Gasteiger partial charge in [0, 0.05) is 46.9 Å². The summed E-state index contributed by atoms with van der Waals surface area (Å²) in [6.45, 7) is 15.4. The number of nitrogens with one attached hydrogen (secondary N) is 1. The molecule has 250 valence electrons. The minimum Gasteiger partial charge on any atom is -0.493 e. The third-order valence-corrected chi connectivity index (χ3v) is 11.5. The van der Waals surface area contributed by atoms with Gasteiger partial charge in [-0.05, 0) is 48.0 Å². The van der Waals surface area contributed by atoms with Crippen LogP contribution in [0.15, 0.2) is 40.9 Å². The molecule has 1 atom stereocenters. The monoisotopic (exact) mass is 734 g/mol. The van der Waals surface area contributed by atoms with E-state index in [1.54, 1.807) is 25.3 Å². The van der Waals surface area contributed by atoms with Gasteiger partial charge in [-0.15, -0.1) is 0 Å². The lowest BCUT2D eigenvalue weighted by Gasteiger charge is -2.26. The van der Waals surface area contributed by atoms with Crippen molar-refractivity contribution in [2.24, 2.45) is 0 Å². The lowest BCUT2D eigenvalue weighted by molar-refractivity contribution is 0.0222. The lowest BCUT2D eigenvalue weighted by Crippen LogP contribution is -2.34. The van der Waals surface area contributed by atoms with Crippen LogP contribution in [0.5, 0.6) is 17.2 Å². The molecule has 14 heteroatoms. The van der Waals surface area contributed by atoms with Crippen molar-refractivity contribution >= 4 is 47.8 Å². The average Bonchev–Trinajstić information content (AvgIpc) is 2.91. The summed E-state index contributed by atoms with van der Waals surface area (Å²) in [6, 6.07) is 12.4. The Kier molecular flexibility index (Phi) is 15.7. The largest absolute Gasteiger partial charge is 0.493 e. The number of aliphatic hydroxyl groups excluding tert-OH is 1. The third-order valence-electron chi connectivity index (χ3n) is 6.54. The smallest absolute Gasteiger partial charge is 0.234 e. The van der Waals surface area contributed by atoms with Gasteiger partial charge < -0.3 is 34.1 Å². The van der Waals surface area contributed by atoms with Crippen LogP contribution in [0.3, 0.4) is 0 Å². The van der Waals surface area contributed by atoms with Crippen molar-refractivity contribution in [3.8, 4) is 17.2 Å². The Morgan fingerprint density at radius 2 is 1.52 bits per heavy atom. The molecule has 2 N–H and O–H groups in total. The van der Waals surface area contributed by atoms with E-state index < -0.39 is 32.3 Å². The Morgan fingerprint density at radius 1 is 0.886 bits per heavy atom. The van der Waals surface area contributed by atoms with Crippen molar-refractivity contribution in [2.45, 2.75) is 57.5 Å². The molecule has 0 bridgehead atoms. The van der Waals surface area contributed by atoms with E-state index >= 15 is 0 Å². The zero-order chi connectivity index (χ0) is 33.0. The fourth-order valence-electron chi connectivity index (χ4n) is 3.82. The number of aliphatic hydroxyl groups is 1. The maximum absolute atomic E-state index is 12.9. The Morgan fingerprint density at radius 3 is 2.14 bits per heavy atom. The molecule has 0 saturated heterocycles. The molecule has 0 aliphatic carbocycles. The van der Waals surface area contributed by atoms with E-state index in [1.165, 1.54) is 4.31 Å². The summed E-state index contributed by atoms with van der Waals surface area (Å²) in [5.41, 5.74) is 0.822. The quantitative estimate of drug-likeness (QED) is 0.0915. The van der Waals surface area contributed by atoms with Gasteiger partial charge in [0.05, 0.1) is 25.2 Å². The highest BCUT2D eigenvalue weighted by molar-refractivity contribution is 9.10. The third kappa shape index (κ3) is 14.6. The molecule has 0 radical (unpaired) electrons. The Balaban J connectivity index is 2.12. The maximum Gasteiger partial charge on any atom is 0.234 e. The van der Waals surface area contributed by atoms with Crippen molar-refractivity contribution in [3.05, 3.63) is 46.4 Å². The van der Waals surface area contributed by atoms with Crippen LogP contribution in [-0.4, -0.2) is 89.5 Å². The van der Waals surface area contributed by atoms with E-state index in [1.807, 2.05) is 18.2 Å². The lowest BCUT2D eigenvalue weighted by atomic mass is 10.1. The molecular formula is C30H51BrN2O8SSi2. The topological polar surface area (TPSA) is 116 Å². The van der Waals surface area contributed by atoms with Gasteiger partial charge in [-0.1, -0.05) is 61.3 Å². The number of hydrogen-bond acceptors (Lipinski definition) is 9. The summed E-state index contributed by atoms with van der Waals surface area (Å²) in [5, 5.41) is 14.2. The number of benzene rings is 2. The molecule has 2 aromatic carbocycles. The number of hydrogen-bond donors (Lipinski definition) is 2. The summed E-state index contributed by atoms with van der Waals surface area (Å²) in [7, 11) is -4.78. The fraction of sp³-hybridized carbons (Fsp3) is 0.600.